The number of ether oxygens (including phenoxy) is 2. The van der Waals surface area contributed by atoms with Gasteiger partial charge in [-0.3, -0.25) is 0 Å². The van der Waals surface area contributed by atoms with E-state index in [0.717, 1.165) is 75.5 Å². The molecule has 0 bridgehead atoms. The number of unbranched alkanes of at least 4 members (excludes halogenated alkanes) is 2. The molecule has 1 aromatic carbocycles. The number of aryl methyl sites for hydroxylation is 1. The molecule has 0 aliphatic heterocycles. The van der Waals surface area contributed by atoms with Crippen molar-refractivity contribution in [3.8, 4) is 11.4 Å². The summed E-state index contributed by atoms with van der Waals surface area (Å²) in [6.07, 6.45) is 13.3. The topological polar surface area (TPSA) is 61.3 Å². The number of rotatable bonds is 10. The molecule has 0 saturated heterocycles. The molecule has 5 heteroatoms. The summed E-state index contributed by atoms with van der Waals surface area (Å²) in [4.78, 5) is 21.4. The fourth-order valence-corrected chi connectivity index (χ4v) is 3.70. The van der Waals surface area contributed by atoms with Crippen molar-refractivity contribution in [3.63, 3.8) is 0 Å². The highest BCUT2D eigenvalue weighted by molar-refractivity contribution is 5.90. The third kappa shape index (κ3) is 6.63. The lowest BCUT2D eigenvalue weighted by molar-refractivity contribution is -0.0201. The van der Waals surface area contributed by atoms with Gasteiger partial charge in [-0.1, -0.05) is 38.8 Å². The predicted molar refractivity (Wildman–Crippen MR) is 118 cm³/mol. The highest BCUT2D eigenvalue weighted by Gasteiger charge is 2.24. The van der Waals surface area contributed by atoms with Crippen LogP contribution in [0.5, 0.6) is 0 Å². The van der Waals surface area contributed by atoms with Crippen LogP contribution in [0, 0.1) is 0 Å². The number of carbonyl (C=O) groups is 1. The lowest BCUT2D eigenvalue weighted by Crippen LogP contribution is -2.28. The van der Waals surface area contributed by atoms with Gasteiger partial charge in [0.1, 0.15) is 6.10 Å². The van der Waals surface area contributed by atoms with Crippen LogP contribution in [-0.4, -0.2) is 34.8 Å². The maximum atomic E-state index is 12.5. The molecule has 162 valence electrons. The molecule has 0 N–H and O–H groups in total. The van der Waals surface area contributed by atoms with Crippen LogP contribution in [0.25, 0.3) is 11.4 Å². The molecule has 0 unspecified atom stereocenters. The van der Waals surface area contributed by atoms with Gasteiger partial charge in [0, 0.05) is 24.6 Å². The first-order valence-corrected chi connectivity index (χ1v) is 11.4. The predicted octanol–water partition coefficient (Wildman–Crippen LogP) is 5.77. The van der Waals surface area contributed by atoms with E-state index in [-0.39, 0.29) is 12.1 Å². The molecule has 30 heavy (non-hydrogen) atoms. The van der Waals surface area contributed by atoms with Crippen molar-refractivity contribution in [2.24, 2.45) is 0 Å². The van der Waals surface area contributed by atoms with Crippen LogP contribution >= 0.6 is 0 Å². The van der Waals surface area contributed by atoms with Gasteiger partial charge in [0.15, 0.2) is 5.82 Å². The number of esters is 1. The number of hydrogen-bond acceptors (Lipinski definition) is 5. The van der Waals surface area contributed by atoms with Gasteiger partial charge in [0.25, 0.3) is 0 Å². The fourth-order valence-electron chi connectivity index (χ4n) is 3.70. The maximum absolute atomic E-state index is 12.5. The molecule has 0 amide bonds. The molecule has 2 aromatic rings. The molecule has 1 aliphatic carbocycles. The maximum Gasteiger partial charge on any atom is 0.338 e. The zero-order valence-electron chi connectivity index (χ0n) is 18.3. The lowest BCUT2D eigenvalue weighted by Gasteiger charge is -2.28. The second-order valence-electron chi connectivity index (χ2n) is 8.12. The van der Waals surface area contributed by atoms with Crippen LogP contribution in [0.2, 0.25) is 0 Å². The largest absolute Gasteiger partial charge is 0.459 e. The Morgan fingerprint density at radius 1 is 0.933 bits per heavy atom. The summed E-state index contributed by atoms with van der Waals surface area (Å²) in [6, 6.07) is 7.36. The average molecular weight is 411 g/mol. The molecule has 5 nitrogen and oxygen atoms in total. The number of hydrogen-bond donors (Lipinski definition) is 0. The minimum absolute atomic E-state index is 0.0119. The van der Waals surface area contributed by atoms with Gasteiger partial charge in [0.2, 0.25) is 0 Å². The Hall–Kier alpha value is -2.27. The van der Waals surface area contributed by atoms with Crippen molar-refractivity contribution in [2.45, 2.75) is 83.8 Å². The first-order valence-electron chi connectivity index (χ1n) is 11.4. The molecule has 0 atom stereocenters. The van der Waals surface area contributed by atoms with Crippen LogP contribution in [0.3, 0.4) is 0 Å². The van der Waals surface area contributed by atoms with Crippen molar-refractivity contribution in [1.29, 1.82) is 0 Å². The Labute approximate surface area is 180 Å². The Morgan fingerprint density at radius 2 is 1.57 bits per heavy atom. The third-order valence-corrected chi connectivity index (χ3v) is 5.65. The molecule has 1 saturated carbocycles. The van der Waals surface area contributed by atoms with Crippen LogP contribution in [0.15, 0.2) is 36.7 Å². The molecule has 0 spiro atoms. The van der Waals surface area contributed by atoms with Crippen molar-refractivity contribution in [3.05, 3.63) is 47.8 Å². The van der Waals surface area contributed by atoms with Crippen molar-refractivity contribution >= 4 is 5.97 Å². The molecule has 1 fully saturated rings. The summed E-state index contributed by atoms with van der Waals surface area (Å²) in [5.74, 6) is 0.421. The number of benzene rings is 1. The summed E-state index contributed by atoms with van der Waals surface area (Å²) in [5, 5.41) is 0. The zero-order valence-corrected chi connectivity index (χ0v) is 18.3. The highest BCUT2D eigenvalue weighted by Crippen LogP contribution is 2.25. The molecule has 1 aromatic heterocycles. The standard InChI is InChI=1S/C25H34N2O3/c1-3-5-7-19-17-26-24(27-18-19)20-8-10-21(11-9-20)25(28)30-23-14-12-22(13-15-23)29-16-6-4-2/h8-11,17-18,22-23H,3-7,12-16H2,1-2H3/t22-,23-. The van der Waals surface area contributed by atoms with Crippen LogP contribution < -0.4 is 0 Å². The molecule has 1 aliphatic rings. The van der Waals surface area contributed by atoms with Crippen molar-refractivity contribution in [1.82, 2.24) is 9.97 Å². The summed E-state index contributed by atoms with van der Waals surface area (Å²) >= 11 is 0. The van der Waals surface area contributed by atoms with Gasteiger partial charge in [0.05, 0.1) is 11.7 Å². The van der Waals surface area contributed by atoms with E-state index in [1.807, 2.05) is 24.5 Å². The second kappa shape index (κ2) is 11.8. The average Bonchev–Trinajstić information content (AvgIpc) is 2.79. The van der Waals surface area contributed by atoms with E-state index in [9.17, 15) is 4.79 Å². The smallest absolute Gasteiger partial charge is 0.338 e. The van der Waals surface area contributed by atoms with Crippen molar-refractivity contribution in [2.75, 3.05) is 6.61 Å². The third-order valence-electron chi connectivity index (χ3n) is 5.65. The Bertz CT molecular complexity index is 766. The molecule has 0 radical (unpaired) electrons. The van der Waals surface area contributed by atoms with E-state index in [1.54, 1.807) is 12.1 Å². The van der Waals surface area contributed by atoms with Gasteiger partial charge in [-0.25, -0.2) is 14.8 Å². The van der Waals surface area contributed by atoms with E-state index in [1.165, 1.54) is 0 Å². The van der Waals surface area contributed by atoms with E-state index in [0.29, 0.717) is 17.5 Å². The van der Waals surface area contributed by atoms with Crippen LogP contribution in [0.4, 0.5) is 0 Å². The van der Waals surface area contributed by atoms with Gasteiger partial charge < -0.3 is 9.47 Å². The second-order valence-corrected chi connectivity index (χ2v) is 8.12. The first kappa shape index (κ1) is 22.4. The number of aromatic nitrogens is 2. The summed E-state index contributed by atoms with van der Waals surface area (Å²) in [7, 11) is 0. The van der Waals surface area contributed by atoms with Crippen molar-refractivity contribution < 1.29 is 14.3 Å². The Morgan fingerprint density at radius 3 is 2.20 bits per heavy atom. The zero-order chi connectivity index (χ0) is 21.2. The van der Waals surface area contributed by atoms with E-state index in [4.69, 9.17) is 9.47 Å². The highest BCUT2D eigenvalue weighted by atomic mass is 16.5. The first-order chi connectivity index (χ1) is 14.7. The fraction of sp³-hybridized carbons (Fsp3) is 0.560. The Kier molecular flexibility index (Phi) is 8.81. The van der Waals surface area contributed by atoms with Gasteiger partial charge in [-0.15, -0.1) is 0 Å². The normalized spacial score (nSPS) is 18.9. The molecule has 3 rings (SSSR count). The minimum atomic E-state index is -0.257. The molecular weight excluding hydrogens is 376 g/mol. The van der Waals surface area contributed by atoms with E-state index < -0.39 is 0 Å². The van der Waals surface area contributed by atoms with Gasteiger partial charge in [-0.2, -0.15) is 0 Å². The van der Waals surface area contributed by atoms with Crippen LogP contribution in [0.1, 0.15) is 81.1 Å². The van der Waals surface area contributed by atoms with E-state index >= 15 is 0 Å². The monoisotopic (exact) mass is 410 g/mol. The number of nitrogens with zero attached hydrogens (tertiary/aromatic N) is 2. The SMILES string of the molecule is CCCCO[C@H]1CC[C@H](OC(=O)c2ccc(-c3ncc(CCCC)cn3)cc2)CC1. The summed E-state index contributed by atoms with van der Waals surface area (Å²) < 4.78 is 11.6. The summed E-state index contributed by atoms with van der Waals surface area (Å²) in [6.45, 7) is 5.18. The van der Waals surface area contributed by atoms with E-state index in [2.05, 4.69) is 23.8 Å². The quantitative estimate of drug-likeness (QED) is 0.367. The van der Waals surface area contributed by atoms with Gasteiger partial charge >= 0.3 is 5.97 Å². The molecular formula is C25H34N2O3. The Balaban J connectivity index is 1.48. The number of carbonyl (C=O) groups excluding carboxylic acids is 1. The van der Waals surface area contributed by atoms with Crippen LogP contribution in [-0.2, 0) is 15.9 Å². The van der Waals surface area contributed by atoms with Gasteiger partial charge in [-0.05, 0) is 62.6 Å². The lowest BCUT2D eigenvalue weighted by atomic mass is 9.95. The minimum Gasteiger partial charge on any atom is -0.459 e. The summed E-state index contributed by atoms with van der Waals surface area (Å²) in [5.41, 5.74) is 2.63. The molecule has 1 heterocycles.